The van der Waals surface area contributed by atoms with Crippen molar-refractivity contribution in [2.45, 2.75) is 20.4 Å². The molecule has 0 atom stereocenters. The van der Waals surface area contributed by atoms with E-state index in [0.29, 0.717) is 29.2 Å². The Morgan fingerprint density at radius 2 is 1.76 bits per heavy atom. The first kappa shape index (κ1) is 18.6. The van der Waals surface area contributed by atoms with Crippen molar-refractivity contribution in [2.75, 3.05) is 0 Å². The summed E-state index contributed by atoms with van der Waals surface area (Å²) in [7, 11) is 0. The van der Waals surface area contributed by atoms with Gasteiger partial charge in [0.1, 0.15) is 5.82 Å². The lowest BCUT2D eigenvalue weighted by molar-refractivity contribution is 0.0949. The molecule has 0 spiro atoms. The number of halogens is 1. The van der Waals surface area contributed by atoms with Gasteiger partial charge in [-0.15, -0.1) is 0 Å². The number of para-hydroxylation sites is 1. The summed E-state index contributed by atoms with van der Waals surface area (Å²) in [4.78, 5) is 12.8. The molecule has 0 bridgehead atoms. The molecule has 0 saturated heterocycles. The third-order valence-corrected chi connectivity index (χ3v) is 4.70. The molecule has 0 unspecified atom stereocenters. The molecule has 4 rings (SSSR count). The Bertz CT molecular complexity index is 1150. The van der Waals surface area contributed by atoms with Crippen LogP contribution in [0.2, 0.25) is 0 Å². The standard InChI is InChI=1S/C22H20FN5O/c1-15-21(16(2)28(26-15)20-10-8-18(23)9-11-20)22(29)24-12-17-13-25-27(14-17)19-6-4-3-5-7-19/h3-11,13-14H,12H2,1-2H3,(H,24,29). The van der Waals surface area contributed by atoms with Crippen LogP contribution in [0.15, 0.2) is 67.0 Å². The van der Waals surface area contributed by atoms with Crippen LogP contribution in [0, 0.1) is 19.7 Å². The molecule has 2 aromatic carbocycles. The van der Waals surface area contributed by atoms with E-state index >= 15 is 0 Å². The fraction of sp³-hybridized carbons (Fsp3) is 0.136. The SMILES string of the molecule is Cc1nn(-c2ccc(F)cc2)c(C)c1C(=O)NCc1cnn(-c2ccccc2)c1. The van der Waals surface area contributed by atoms with Crippen molar-refractivity contribution < 1.29 is 9.18 Å². The largest absolute Gasteiger partial charge is 0.348 e. The van der Waals surface area contributed by atoms with Crippen LogP contribution < -0.4 is 5.32 Å². The van der Waals surface area contributed by atoms with Crippen LogP contribution in [0.25, 0.3) is 11.4 Å². The summed E-state index contributed by atoms with van der Waals surface area (Å²) in [6.45, 7) is 3.97. The van der Waals surface area contributed by atoms with E-state index in [9.17, 15) is 9.18 Å². The average Bonchev–Trinajstić information content (AvgIpc) is 3.32. The molecule has 6 nitrogen and oxygen atoms in total. The van der Waals surface area contributed by atoms with Crippen LogP contribution in [-0.4, -0.2) is 25.5 Å². The quantitative estimate of drug-likeness (QED) is 0.565. The van der Waals surface area contributed by atoms with Crippen molar-refractivity contribution in [2.24, 2.45) is 0 Å². The predicted octanol–water partition coefficient (Wildman–Crippen LogP) is 3.74. The van der Waals surface area contributed by atoms with Gasteiger partial charge in [0.2, 0.25) is 0 Å². The molecule has 0 aliphatic carbocycles. The maximum Gasteiger partial charge on any atom is 0.255 e. The molecule has 1 N–H and O–H groups in total. The van der Waals surface area contributed by atoms with Gasteiger partial charge in [0.25, 0.3) is 5.91 Å². The number of nitrogens with zero attached hydrogens (tertiary/aromatic N) is 4. The molecule has 146 valence electrons. The average molecular weight is 389 g/mol. The first-order chi connectivity index (χ1) is 14.0. The number of aryl methyl sites for hydroxylation is 1. The Morgan fingerprint density at radius 1 is 1.03 bits per heavy atom. The normalized spacial score (nSPS) is 10.9. The molecule has 0 radical (unpaired) electrons. The monoisotopic (exact) mass is 389 g/mol. The summed E-state index contributed by atoms with van der Waals surface area (Å²) in [5, 5.41) is 11.7. The van der Waals surface area contributed by atoms with E-state index in [1.807, 2.05) is 43.5 Å². The lowest BCUT2D eigenvalue weighted by Crippen LogP contribution is -2.23. The van der Waals surface area contributed by atoms with Crippen molar-refractivity contribution in [3.8, 4) is 11.4 Å². The lowest BCUT2D eigenvalue weighted by Gasteiger charge is -2.06. The second-order valence-electron chi connectivity index (χ2n) is 6.75. The number of nitrogens with one attached hydrogen (secondary N) is 1. The molecule has 0 fully saturated rings. The summed E-state index contributed by atoms with van der Waals surface area (Å²) < 4.78 is 16.6. The number of hydrogen-bond donors (Lipinski definition) is 1. The van der Waals surface area contributed by atoms with Gasteiger partial charge < -0.3 is 5.32 Å². The summed E-state index contributed by atoms with van der Waals surface area (Å²) >= 11 is 0. The van der Waals surface area contributed by atoms with E-state index in [1.165, 1.54) is 12.1 Å². The van der Waals surface area contributed by atoms with E-state index < -0.39 is 0 Å². The van der Waals surface area contributed by atoms with Gasteiger partial charge in [-0.3, -0.25) is 4.79 Å². The highest BCUT2D eigenvalue weighted by Crippen LogP contribution is 2.18. The van der Waals surface area contributed by atoms with E-state index in [0.717, 1.165) is 11.3 Å². The molecule has 0 aliphatic rings. The van der Waals surface area contributed by atoms with Crippen LogP contribution >= 0.6 is 0 Å². The van der Waals surface area contributed by atoms with Crippen molar-refractivity contribution >= 4 is 5.91 Å². The first-order valence-electron chi connectivity index (χ1n) is 9.22. The molecular weight excluding hydrogens is 369 g/mol. The fourth-order valence-corrected chi connectivity index (χ4v) is 3.25. The molecule has 4 aromatic rings. The molecule has 0 saturated carbocycles. The van der Waals surface area contributed by atoms with Crippen LogP contribution in [0.5, 0.6) is 0 Å². The second kappa shape index (κ2) is 7.71. The zero-order chi connectivity index (χ0) is 20.4. The summed E-state index contributed by atoms with van der Waals surface area (Å²) in [5.74, 6) is -0.523. The fourth-order valence-electron chi connectivity index (χ4n) is 3.25. The van der Waals surface area contributed by atoms with Crippen molar-refractivity contribution in [3.05, 3.63) is 95.3 Å². The number of rotatable bonds is 5. The molecule has 0 aliphatic heterocycles. The topological polar surface area (TPSA) is 64.7 Å². The van der Waals surface area contributed by atoms with Crippen LogP contribution in [-0.2, 0) is 6.54 Å². The van der Waals surface area contributed by atoms with Gasteiger partial charge >= 0.3 is 0 Å². The van der Waals surface area contributed by atoms with Gasteiger partial charge in [-0.1, -0.05) is 18.2 Å². The van der Waals surface area contributed by atoms with Crippen LogP contribution in [0.4, 0.5) is 4.39 Å². The van der Waals surface area contributed by atoms with Crippen molar-refractivity contribution in [1.29, 1.82) is 0 Å². The highest BCUT2D eigenvalue weighted by atomic mass is 19.1. The van der Waals surface area contributed by atoms with E-state index in [2.05, 4.69) is 15.5 Å². The number of hydrogen-bond acceptors (Lipinski definition) is 3. The highest BCUT2D eigenvalue weighted by molar-refractivity contribution is 5.96. The Kier molecular flexibility index (Phi) is 4.95. The summed E-state index contributed by atoms with van der Waals surface area (Å²) in [5.41, 5.74) is 4.39. The molecular formula is C22H20FN5O. The number of carbonyl (C=O) groups excluding carboxylic acids is 1. The smallest absolute Gasteiger partial charge is 0.255 e. The van der Waals surface area contributed by atoms with Crippen molar-refractivity contribution in [1.82, 2.24) is 24.9 Å². The minimum Gasteiger partial charge on any atom is -0.348 e. The third kappa shape index (κ3) is 3.80. The molecule has 7 heteroatoms. The first-order valence-corrected chi connectivity index (χ1v) is 9.22. The van der Waals surface area contributed by atoms with Gasteiger partial charge in [0.05, 0.1) is 34.5 Å². The maximum atomic E-state index is 13.2. The van der Waals surface area contributed by atoms with Crippen molar-refractivity contribution in [3.63, 3.8) is 0 Å². The van der Waals surface area contributed by atoms with Gasteiger partial charge in [-0.2, -0.15) is 10.2 Å². The number of aromatic nitrogens is 4. The van der Waals surface area contributed by atoms with Gasteiger partial charge in [-0.25, -0.2) is 13.8 Å². The zero-order valence-corrected chi connectivity index (χ0v) is 16.1. The summed E-state index contributed by atoms with van der Waals surface area (Å²) in [6.07, 6.45) is 3.62. The van der Waals surface area contributed by atoms with Crippen LogP contribution in [0.1, 0.15) is 27.3 Å². The Morgan fingerprint density at radius 3 is 2.48 bits per heavy atom. The van der Waals surface area contributed by atoms with Gasteiger partial charge in [-0.05, 0) is 50.2 Å². The summed E-state index contributed by atoms with van der Waals surface area (Å²) in [6, 6.07) is 15.8. The van der Waals surface area contributed by atoms with Gasteiger partial charge in [0.15, 0.2) is 0 Å². The maximum absolute atomic E-state index is 13.2. The number of carbonyl (C=O) groups is 1. The van der Waals surface area contributed by atoms with E-state index in [4.69, 9.17) is 0 Å². The third-order valence-electron chi connectivity index (χ3n) is 4.70. The van der Waals surface area contributed by atoms with E-state index in [-0.39, 0.29) is 11.7 Å². The molecule has 1 amide bonds. The Balaban J connectivity index is 1.49. The van der Waals surface area contributed by atoms with Gasteiger partial charge in [0, 0.05) is 18.3 Å². The molecule has 2 heterocycles. The minimum atomic E-state index is -0.315. The predicted molar refractivity (Wildman–Crippen MR) is 108 cm³/mol. The lowest BCUT2D eigenvalue weighted by atomic mass is 10.1. The Hall–Kier alpha value is -3.74. The molecule has 2 aromatic heterocycles. The zero-order valence-electron chi connectivity index (χ0n) is 16.1. The number of benzene rings is 2. The second-order valence-corrected chi connectivity index (χ2v) is 6.75. The Labute approximate surface area is 167 Å². The van der Waals surface area contributed by atoms with Crippen LogP contribution in [0.3, 0.4) is 0 Å². The minimum absolute atomic E-state index is 0.208. The van der Waals surface area contributed by atoms with E-state index in [1.54, 1.807) is 34.6 Å². The molecule has 29 heavy (non-hydrogen) atoms. The highest BCUT2D eigenvalue weighted by Gasteiger charge is 2.19. The number of amides is 1.